The third-order valence-corrected chi connectivity index (χ3v) is 1.51. The van der Waals surface area contributed by atoms with E-state index in [1.807, 2.05) is 0 Å². The van der Waals surface area contributed by atoms with Crippen molar-refractivity contribution in [1.29, 1.82) is 0 Å². The van der Waals surface area contributed by atoms with E-state index in [2.05, 4.69) is 5.32 Å². The molecule has 4 heteroatoms. The van der Waals surface area contributed by atoms with Gasteiger partial charge in [-0.05, 0) is 12.1 Å². The van der Waals surface area contributed by atoms with Gasteiger partial charge in [0.1, 0.15) is 5.75 Å². The molecule has 1 rings (SSSR count). The molecule has 0 saturated carbocycles. The number of nitrogens with two attached hydrogens (primary N) is 1. The second-order valence-corrected chi connectivity index (χ2v) is 2.53. The van der Waals surface area contributed by atoms with Gasteiger partial charge in [0, 0.05) is 18.8 Å². The maximum absolute atomic E-state index is 10.8. The summed E-state index contributed by atoms with van der Waals surface area (Å²) in [5, 5.41) is 2.45. The zero-order chi connectivity index (χ0) is 9.68. The van der Waals surface area contributed by atoms with Crippen molar-refractivity contribution < 1.29 is 9.53 Å². The molecular weight excluding hydrogens is 168 g/mol. The minimum Gasteiger partial charge on any atom is -0.484 e. The molecule has 0 aromatic heterocycles. The first-order chi connectivity index (χ1) is 6.22. The topological polar surface area (TPSA) is 64.3 Å². The monoisotopic (exact) mass is 180 g/mol. The molecule has 1 amide bonds. The van der Waals surface area contributed by atoms with Gasteiger partial charge in [-0.1, -0.05) is 6.07 Å². The summed E-state index contributed by atoms with van der Waals surface area (Å²) in [5.74, 6) is 0.436. The molecule has 0 heterocycles. The summed E-state index contributed by atoms with van der Waals surface area (Å²) in [6.45, 7) is 0.0138. The van der Waals surface area contributed by atoms with E-state index in [0.717, 1.165) is 0 Å². The number of likely N-dealkylation sites (N-methyl/N-ethyl adjacent to an activating group) is 1. The van der Waals surface area contributed by atoms with Crippen LogP contribution in [-0.4, -0.2) is 19.6 Å². The smallest absolute Gasteiger partial charge is 0.257 e. The Kier molecular flexibility index (Phi) is 3.14. The lowest BCUT2D eigenvalue weighted by molar-refractivity contribution is -0.122. The third kappa shape index (κ3) is 3.02. The molecule has 0 radical (unpaired) electrons. The number of benzene rings is 1. The molecule has 0 aliphatic carbocycles. The fourth-order valence-corrected chi connectivity index (χ4v) is 0.825. The standard InChI is InChI=1S/C9H12N2O2/c1-11-9(12)6-13-8-4-2-3-7(10)5-8/h2-5H,6,10H2,1H3,(H,11,12). The molecule has 3 N–H and O–H groups in total. The molecule has 0 aliphatic heterocycles. The molecule has 4 nitrogen and oxygen atoms in total. The minimum atomic E-state index is -0.164. The van der Waals surface area contributed by atoms with Crippen LogP contribution in [0, 0.1) is 0 Å². The average molecular weight is 180 g/mol. The number of amides is 1. The zero-order valence-electron chi connectivity index (χ0n) is 7.41. The van der Waals surface area contributed by atoms with E-state index in [9.17, 15) is 4.79 Å². The van der Waals surface area contributed by atoms with Crippen LogP contribution in [0.15, 0.2) is 24.3 Å². The van der Waals surface area contributed by atoms with E-state index in [1.165, 1.54) is 0 Å². The van der Waals surface area contributed by atoms with Gasteiger partial charge in [-0.25, -0.2) is 0 Å². The van der Waals surface area contributed by atoms with E-state index < -0.39 is 0 Å². The van der Waals surface area contributed by atoms with Gasteiger partial charge in [0.2, 0.25) is 0 Å². The summed E-state index contributed by atoms with van der Waals surface area (Å²) in [6, 6.07) is 6.95. The van der Waals surface area contributed by atoms with E-state index in [-0.39, 0.29) is 12.5 Å². The maximum atomic E-state index is 10.8. The van der Waals surface area contributed by atoms with Crippen molar-refractivity contribution >= 4 is 11.6 Å². The van der Waals surface area contributed by atoms with Crippen LogP contribution < -0.4 is 15.8 Å². The highest BCUT2D eigenvalue weighted by Gasteiger charge is 1.98. The largest absolute Gasteiger partial charge is 0.484 e. The predicted molar refractivity (Wildman–Crippen MR) is 50.4 cm³/mol. The number of carbonyl (C=O) groups is 1. The molecule has 0 atom stereocenters. The fraction of sp³-hybridized carbons (Fsp3) is 0.222. The molecule has 13 heavy (non-hydrogen) atoms. The van der Waals surface area contributed by atoms with Crippen LogP contribution in [0.2, 0.25) is 0 Å². The highest BCUT2D eigenvalue weighted by atomic mass is 16.5. The Balaban J connectivity index is 2.50. The number of hydrogen-bond donors (Lipinski definition) is 2. The van der Waals surface area contributed by atoms with Crippen LogP contribution in [0.5, 0.6) is 5.75 Å². The molecule has 1 aromatic carbocycles. The van der Waals surface area contributed by atoms with Crippen LogP contribution in [0.1, 0.15) is 0 Å². The van der Waals surface area contributed by atoms with Crippen LogP contribution >= 0.6 is 0 Å². The van der Waals surface area contributed by atoms with E-state index in [4.69, 9.17) is 10.5 Å². The van der Waals surface area contributed by atoms with Gasteiger partial charge < -0.3 is 15.8 Å². The highest BCUT2D eigenvalue weighted by Crippen LogP contribution is 2.13. The van der Waals surface area contributed by atoms with E-state index >= 15 is 0 Å². The first kappa shape index (κ1) is 9.38. The zero-order valence-corrected chi connectivity index (χ0v) is 7.41. The van der Waals surface area contributed by atoms with Crippen molar-refractivity contribution in [2.24, 2.45) is 0 Å². The SMILES string of the molecule is CNC(=O)COc1cccc(N)c1. The Bertz CT molecular complexity index is 299. The summed E-state index contributed by atoms with van der Waals surface area (Å²) in [6.07, 6.45) is 0. The quantitative estimate of drug-likeness (QED) is 0.661. The van der Waals surface area contributed by atoms with E-state index in [1.54, 1.807) is 31.3 Å². The Morgan fingerprint density at radius 2 is 2.38 bits per heavy atom. The molecule has 0 saturated heterocycles. The summed E-state index contributed by atoms with van der Waals surface area (Å²) in [5.41, 5.74) is 6.14. The van der Waals surface area contributed by atoms with Gasteiger partial charge in [0.25, 0.3) is 5.91 Å². The number of carbonyl (C=O) groups excluding carboxylic acids is 1. The van der Waals surface area contributed by atoms with E-state index in [0.29, 0.717) is 11.4 Å². The molecule has 70 valence electrons. The van der Waals surface area contributed by atoms with Crippen LogP contribution in [0.4, 0.5) is 5.69 Å². The van der Waals surface area contributed by atoms with Gasteiger partial charge >= 0.3 is 0 Å². The number of hydrogen-bond acceptors (Lipinski definition) is 3. The van der Waals surface area contributed by atoms with Crippen molar-refractivity contribution in [3.63, 3.8) is 0 Å². The fourth-order valence-electron chi connectivity index (χ4n) is 0.825. The average Bonchev–Trinajstić information content (AvgIpc) is 2.14. The van der Waals surface area contributed by atoms with Gasteiger partial charge in [0.15, 0.2) is 6.61 Å². The lowest BCUT2D eigenvalue weighted by atomic mass is 10.3. The molecule has 0 unspecified atom stereocenters. The first-order valence-electron chi connectivity index (χ1n) is 3.91. The number of nitrogens with one attached hydrogen (secondary N) is 1. The van der Waals surface area contributed by atoms with Gasteiger partial charge in [-0.2, -0.15) is 0 Å². The van der Waals surface area contributed by atoms with Crippen molar-refractivity contribution in [2.75, 3.05) is 19.4 Å². The summed E-state index contributed by atoms with van der Waals surface area (Å²) in [4.78, 5) is 10.8. The van der Waals surface area contributed by atoms with Crippen molar-refractivity contribution in [2.45, 2.75) is 0 Å². The lowest BCUT2D eigenvalue weighted by Crippen LogP contribution is -2.24. The number of nitrogen functional groups attached to an aromatic ring is 1. The van der Waals surface area contributed by atoms with Crippen LogP contribution in [0.25, 0.3) is 0 Å². The Hall–Kier alpha value is -1.71. The first-order valence-corrected chi connectivity index (χ1v) is 3.91. The summed E-state index contributed by atoms with van der Waals surface area (Å²) in [7, 11) is 1.56. The molecular formula is C9H12N2O2. The second-order valence-electron chi connectivity index (χ2n) is 2.53. The Morgan fingerprint density at radius 3 is 3.00 bits per heavy atom. The normalized spacial score (nSPS) is 9.31. The van der Waals surface area contributed by atoms with Gasteiger partial charge in [-0.15, -0.1) is 0 Å². The van der Waals surface area contributed by atoms with Gasteiger partial charge in [0.05, 0.1) is 0 Å². The number of ether oxygens (including phenoxy) is 1. The predicted octanol–water partition coefficient (Wildman–Crippen LogP) is 0.394. The van der Waals surface area contributed by atoms with Crippen LogP contribution in [-0.2, 0) is 4.79 Å². The highest BCUT2D eigenvalue weighted by molar-refractivity contribution is 5.77. The Morgan fingerprint density at radius 1 is 1.62 bits per heavy atom. The molecule has 1 aromatic rings. The number of rotatable bonds is 3. The molecule has 0 aliphatic rings. The second kappa shape index (κ2) is 4.35. The maximum Gasteiger partial charge on any atom is 0.257 e. The van der Waals surface area contributed by atoms with Crippen molar-refractivity contribution in [3.05, 3.63) is 24.3 Å². The van der Waals surface area contributed by atoms with Crippen molar-refractivity contribution in [1.82, 2.24) is 5.32 Å². The van der Waals surface area contributed by atoms with Gasteiger partial charge in [-0.3, -0.25) is 4.79 Å². The third-order valence-electron chi connectivity index (χ3n) is 1.51. The van der Waals surface area contributed by atoms with Crippen molar-refractivity contribution in [3.8, 4) is 5.75 Å². The molecule has 0 spiro atoms. The lowest BCUT2D eigenvalue weighted by Gasteiger charge is -2.04. The Labute approximate surface area is 76.7 Å². The summed E-state index contributed by atoms with van der Waals surface area (Å²) < 4.78 is 5.15. The minimum absolute atomic E-state index is 0.0138. The molecule has 0 bridgehead atoms. The molecule has 0 fully saturated rings. The van der Waals surface area contributed by atoms with Crippen LogP contribution in [0.3, 0.4) is 0 Å². The number of anilines is 1. The summed E-state index contributed by atoms with van der Waals surface area (Å²) >= 11 is 0.